The second kappa shape index (κ2) is 9.19. The molecule has 0 unspecified atom stereocenters. The lowest BCUT2D eigenvalue weighted by Crippen LogP contribution is -2.44. The summed E-state index contributed by atoms with van der Waals surface area (Å²) in [6.45, 7) is -0.685. The third kappa shape index (κ3) is 5.14. The van der Waals surface area contributed by atoms with Crippen molar-refractivity contribution in [2.24, 2.45) is 0 Å². The average Bonchev–Trinajstić information content (AvgIpc) is 2.55. The van der Waals surface area contributed by atoms with E-state index >= 15 is 0 Å². The van der Waals surface area contributed by atoms with E-state index in [2.05, 4.69) is 10.1 Å². The molecule has 0 aliphatic heterocycles. The van der Waals surface area contributed by atoms with Crippen LogP contribution < -0.4 is 10.8 Å². The van der Waals surface area contributed by atoms with Crippen LogP contribution in [0.1, 0.15) is 5.56 Å². The highest BCUT2D eigenvalue weighted by molar-refractivity contribution is 6.61. The lowest BCUT2D eigenvalue weighted by atomic mass is 9.78. The number of hydrogen-bond acceptors (Lipinski definition) is 6. The maximum absolute atomic E-state index is 11.7. The van der Waals surface area contributed by atoms with Crippen molar-refractivity contribution in [1.29, 1.82) is 0 Å². The topological polar surface area (TPSA) is 94.1 Å². The zero-order valence-electron chi connectivity index (χ0n) is 12.9. The molecule has 8 heteroatoms. The van der Waals surface area contributed by atoms with Crippen molar-refractivity contribution < 1.29 is 28.7 Å². The Morgan fingerprint density at radius 2 is 1.77 bits per heavy atom. The molecule has 0 aromatic heterocycles. The lowest BCUT2D eigenvalue weighted by molar-refractivity contribution is -0.145. The molecule has 0 aliphatic rings. The highest BCUT2D eigenvalue weighted by atomic mass is 16.6. The van der Waals surface area contributed by atoms with Gasteiger partial charge in [-0.2, -0.15) is 0 Å². The van der Waals surface area contributed by atoms with Crippen molar-refractivity contribution in [2.75, 3.05) is 27.9 Å². The molecule has 0 fully saturated rings. The quantitative estimate of drug-likeness (QED) is 0.466. The molecule has 0 spiro atoms. The first kappa shape index (κ1) is 18.2. The number of hydrogen-bond donors (Lipinski definition) is 2. The van der Waals surface area contributed by atoms with Crippen molar-refractivity contribution in [2.45, 2.75) is 12.5 Å². The molecule has 0 saturated carbocycles. The SMILES string of the molecule is COB(OC)c1ccc(C[C@H](NC(=O)CO)C(=O)OC)cc1. The predicted molar refractivity (Wildman–Crippen MR) is 80.6 cm³/mol. The molecule has 1 amide bonds. The van der Waals surface area contributed by atoms with E-state index in [4.69, 9.17) is 14.4 Å². The van der Waals surface area contributed by atoms with Crippen LogP contribution in [0.5, 0.6) is 0 Å². The molecule has 0 saturated heterocycles. The molecule has 0 heterocycles. The minimum absolute atomic E-state index is 0.253. The summed E-state index contributed by atoms with van der Waals surface area (Å²) in [6, 6.07) is 6.39. The third-order valence-electron chi connectivity index (χ3n) is 3.08. The number of aliphatic hydroxyl groups excluding tert-OH is 1. The molecule has 1 aromatic carbocycles. The predicted octanol–water partition coefficient (Wildman–Crippen LogP) is -1.13. The molecule has 22 heavy (non-hydrogen) atoms. The van der Waals surface area contributed by atoms with E-state index in [-0.39, 0.29) is 6.42 Å². The number of esters is 1. The van der Waals surface area contributed by atoms with Crippen LogP contribution in [-0.4, -0.2) is 58.1 Å². The lowest BCUT2D eigenvalue weighted by Gasteiger charge is -2.16. The molecular weight excluding hydrogens is 289 g/mol. The number of aliphatic hydroxyl groups is 1. The molecule has 0 aliphatic carbocycles. The Morgan fingerprint density at radius 3 is 2.23 bits per heavy atom. The Bertz CT molecular complexity index is 489. The van der Waals surface area contributed by atoms with Crippen LogP contribution in [0, 0.1) is 0 Å². The van der Waals surface area contributed by atoms with E-state index in [1.54, 1.807) is 26.4 Å². The van der Waals surface area contributed by atoms with Crippen LogP contribution in [0.3, 0.4) is 0 Å². The standard InChI is InChI=1S/C14H20BNO6/c1-20-14(19)12(16-13(18)9-17)8-10-4-6-11(7-5-10)15(21-2)22-3/h4-7,12,17H,8-9H2,1-3H3,(H,16,18)/t12-/m0/s1. The van der Waals surface area contributed by atoms with Crippen molar-refractivity contribution in [1.82, 2.24) is 5.32 Å². The summed E-state index contributed by atoms with van der Waals surface area (Å²) in [7, 11) is 3.87. The summed E-state index contributed by atoms with van der Waals surface area (Å²) in [6.07, 6.45) is 0.253. The van der Waals surface area contributed by atoms with Gasteiger partial charge in [-0.1, -0.05) is 24.3 Å². The summed E-state index contributed by atoms with van der Waals surface area (Å²) >= 11 is 0. The first-order valence-electron chi connectivity index (χ1n) is 6.68. The van der Waals surface area contributed by atoms with E-state index in [1.165, 1.54) is 7.11 Å². The molecule has 1 aromatic rings. The van der Waals surface area contributed by atoms with Gasteiger partial charge in [-0.3, -0.25) is 4.79 Å². The number of carbonyl (C=O) groups is 2. The number of benzene rings is 1. The van der Waals surface area contributed by atoms with Gasteiger partial charge in [-0.15, -0.1) is 0 Å². The number of nitrogens with one attached hydrogen (secondary N) is 1. The Hall–Kier alpha value is -1.90. The fourth-order valence-electron chi connectivity index (χ4n) is 1.99. The van der Waals surface area contributed by atoms with Gasteiger partial charge in [0.25, 0.3) is 0 Å². The molecule has 120 valence electrons. The van der Waals surface area contributed by atoms with Crippen molar-refractivity contribution in [3.05, 3.63) is 29.8 Å². The van der Waals surface area contributed by atoms with Crippen LogP contribution in [0.2, 0.25) is 0 Å². The van der Waals surface area contributed by atoms with Crippen molar-refractivity contribution in [3.8, 4) is 0 Å². The Morgan fingerprint density at radius 1 is 1.18 bits per heavy atom. The van der Waals surface area contributed by atoms with Crippen LogP contribution in [0.15, 0.2) is 24.3 Å². The second-order valence-corrected chi connectivity index (χ2v) is 4.55. The van der Waals surface area contributed by atoms with Gasteiger partial charge in [-0.05, 0) is 11.0 Å². The first-order chi connectivity index (χ1) is 10.5. The normalized spacial score (nSPS) is 11.6. The van der Waals surface area contributed by atoms with Gasteiger partial charge in [0.1, 0.15) is 12.6 Å². The van der Waals surface area contributed by atoms with Gasteiger partial charge < -0.3 is 24.5 Å². The van der Waals surface area contributed by atoms with Crippen LogP contribution in [-0.2, 0) is 30.1 Å². The minimum Gasteiger partial charge on any atom is -0.467 e. The average molecular weight is 309 g/mol. The van der Waals surface area contributed by atoms with Crippen LogP contribution in [0.25, 0.3) is 0 Å². The van der Waals surface area contributed by atoms with E-state index in [1.807, 2.05) is 12.1 Å². The summed E-state index contributed by atoms with van der Waals surface area (Å²) in [5, 5.41) is 11.2. The highest BCUT2D eigenvalue weighted by Crippen LogP contribution is 2.05. The van der Waals surface area contributed by atoms with E-state index in [0.29, 0.717) is 0 Å². The zero-order valence-corrected chi connectivity index (χ0v) is 12.9. The smallest absolute Gasteiger partial charge is 0.467 e. The van der Waals surface area contributed by atoms with Gasteiger partial charge in [0, 0.05) is 20.6 Å². The molecule has 0 bridgehead atoms. The Labute approximate surface area is 129 Å². The molecule has 0 radical (unpaired) electrons. The van der Waals surface area contributed by atoms with Crippen molar-refractivity contribution >= 4 is 24.5 Å². The molecule has 2 N–H and O–H groups in total. The summed E-state index contributed by atoms with van der Waals surface area (Å²) in [5.74, 6) is -1.21. The van der Waals surface area contributed by atoms with Gasteiger partial charge in [0.05, 0.1) is 7.11 Å². The number of methoxy groups -OCH3 is 1. The maximum Gasteiger partial charge on any atom is 0.493 e. The number of amides is 1. The third-order valence-corrected chi connectivity index (χ3v) is 3.08. The fourth-order valence-corrected chi connectivity index (χ4v) is 1.99. The monoisotopic (exact) mass is 309 g/mol. The Balaban J connectivity index is 2.80. The molecular formula is C14H20BNO6. The maximum atomic E-state index is 11.7. The molecule has 7 nitrogen and oxygen atoms in total. The number of ether oxygens (including phenoxy) is 1. The largest absolute Gasteiger partial charge is 0.493 e. The number of rotatable bonds is 8. The summed E-state index contributed by atoms with van der Waals surface area (Å²) < 4.78 is 14.9. The van der Waals surface area contributed by atoms with Gasteiger partial charge in [0.2, 0.25) is 5.91 Å². The summed E-state index contributed by atoms with van der Waals surface area (Å²) in [5.41, 5.74) is 1.66. The van der Waals surface area contributed by atoms with Gasteiger partial charge >= 0.3 is 13.1 Å². The second-order valence-electron chi connectivity index (χ2n) is 4.55. The zero-order chi connectivity index (χ0) is 16.5. The van der Waals surface area contributed by atoms with Gasteiger partial charge in [0.15, 0.2) is 0 Å². The first-order valence-corrected chi connectivity index (χ1v) is 6.68. The van der Waals surface area contributed by atoms with Crippen molar-refractivity contribution in [3.63, 3.8) is 0 Å². The van der Waals surface area contributed by atoms with Crippen LogP contribution >= 0.6 is 0 Å². The van der Waals surface area contributed by atoms with Crippen LogP contribution in [0.4, 0.5) is 0 Å². The van der Waals surface area contributed by atoms with E-state index < -0.39 is 31.6 Å². The fraction of sp³-hybridized carbons (Fsp3) is 0.429. The van der Waals surface area contributed by atoms with E-state index in [9.17, 15) is 9.59 Å². The van der Waals surface area contributed by atoms with E-state index in [0.717, 1.165) is 11.0 Å². The minimum atomic E-state index is -0.851. The number of carbonyl (C=O) groups excluding carboxylic acids is 2. The van der Waals surface area contributed by atoms with Gasteiger partial charge in [-0.25, -0.2) is 4.79 Å². The molecule has 1 rings (SSSR count). The summed E-state index contributed by atoms with van der Waals surface area (Å²) in [4.78, 5) is 22.9. The highest BCUT2D eigenvalue weighted by Gasteiger charge is 2.22. The Kier molecular flexibility index (Phi) is 7.58. The molecule has 1 atom stereocenters.